The number of rotatable bonds is 6. The van der Waals surface area contributed by atoms with Gasteiger partial charge in [0.05, 0.1) is 0 Å². The van der Waals surface area contributed by atoms with Crippen LogP contribution in [0.4, 0.5) is 15.9 Å². The summed E-state index contributed by atoms with van der Waals surface area (Å²) in [5, 5.41) is 0. The number of hydrogen-bond acceptors (Lipinski definition) is 5. The summed E-state index contributed by atoms with van der Waals surface area (Å²) >= 11 is 0. The van der Waals surface area contributed by atoms with E-state index in [9.17, 15) is 9.18 Å². The van der Waals surface area contributed by atoms with E-state index >= 15 is 0 Å². The van der Waals surface area contributed by atoms with Crippen molar-refractivity contribution >= 4 is 17.4 Å². The van der Waals surface area contributed by atoms with Crippen molar-refractivity contribution < 1.29 is 9.18 Å². The number of hydrogen-bond donors (Lipinski definition) is 0. The van der Waals surface area contributed by atoms with Crippen LogP contribution >= 0.6 is 0 Å². The lowest BCUT2D eigenvalue weighted by Gasteiger charge is -2.36. The molecule has 0 atom stereocenters. The molecule has 144 valence electrons. The minimum absolute atomic E-state index is 0.0682. The Bertz CT molecular complexity index is 759. The molecule has 2 heterocycles. The predicted octanol–water partition coefficient (Wildman–Crippen LogP) is 2.81. The number of carbonyl (C=O) groups is 1. The molecule has 1 aliphatic heterocycles. The summed E-state index contributed by atoms with van der Waals surface area (Å²) in [6, 6.07) is 8.24. The Morgan fingerprint density at radius 3 is 2.52 bits per heavy atom. The molecule has 0 aliphatic carbocycles. The van der Waals surface area contributed by atoms with Crippen molar-refractivity contribution in [3.63, 3.8) is 0 Å². The molecule has 2 aromatic rings. The van der Waals surface area contributed by atoms with Crippen molar-refractivity contribution in [3.05, 3.63) is 48.2 Å². The zero-order valence-electron chi connectivity index (χ0n) is 15.9. The van der Waals surface area contributed by atoms with E-state index in [1.165, 1.54) is 18.5 Å². The molecule has 27 heavy (non-hydrogen) atoms. The van der Waals surface area contributed by atoms with E-state index in [1.54, 1.807) is 18.2 Å². The van der Waals surface area contributed by atoms with Crippen molar-refractivity contribution in [3.8, 4) is 0 Å². The quantitative estimate of drug-likeness (QED) is 0.782. The van der Waals surface area contributed by atoms with Gasteiger partial charge in [0.15, 0.2) is 0 Å². The molecule has 1 saturated heterocycles. The van der Waals surface area contributed by atoms with Crippen LogP contribution in [-0.4, -0.2) is 60.5 Å². The van der Waals surface area contributed by atoms with Crippen molar-refractivity contribution in [1.29, 1.82) is 0 Å². The van der Waals surface area contributed by atoms with Gasteiger partial charge in [-0.3, -0.25) is 4.79 Å². The first kappa shape index (κ1) is 19.1. The number of amides is 1. The highest BCUT2D eigenvalue weighted by Gasteiger charge is 2.23. The third kappa shape index (κ3) is 4.72. The van der Waals surface area contributed by atoms with Crippen LogP contribution in [0.15, 0.2) is 36.7 Å². The van der Waals surface area contributed by atoms with E-state index < -0.39 is 0 Å². The van der Waals surface area contributed by atoms with Crippen LogP contribution in [0.5, 0.6) is 0 Å². The number of unbranched alkanes of at least 4 members (excludes halogenated alkanes) is 1. The molecular formula is C20H26FN5O. The Hall–Kier alpha value is -2.70. The summed E-state index contributed by atoms with van der Waals surface area (Å²) in [7, 11) is 1.98. The average molecular weight is 371 g/mol. The second kappa shape index (κ2) is 8.79. The highest BCUT2D eigenvalue weighted by Crippen LogP contribution is 2.18. The molecule has 7 heteroatoms. The van der Waals surface area contributed by atoms with Gasteiger partial charge >= 0.3 is 0 Å². The van der Waals surface area contributed by atoms with Gasteiger partial charge in [-0.25, -0.2) is 14.4 Å². The first-order valence-electron chi connectivity index (χ1n) is 9.41. The summed E-state index contributed by atoms with van der Waals surface area (Å²) in [5.41, 5.74) is 1.41. The van der Waals surface area contributed by atoms with E-state index in [0.717, 1.165) is 30.9 Å². The Morgan fingerprint density at radius 1 is 1.15 bits per heavy atom. The lowest BCUT2D eigenvalue weighted by Crippen LogP contribution is -2.49. The summed E-state index contributed by atoms with van der Waals surface area (Å²) < 4.78 is 13.1. The highest BCUT2D eigenvalue weighted by atomic mass is 19.1. The van der Waals surface area contributed by atoms with Gasteiger partial charge in [0.2, 0.25) is 0 Å². The maximum Gasteiger partial charge on any atom is 0.272 e. The standard InChI is InChI=1S/C20H26FN5O/c1-3-4-9-24(2)19-14-18(22-15-23-19)20(27)26-12-10-25(11-13-26)17-7-5-16(21)6-8-17/h5-8,14-15H,3-4,9-13H2,1-2H3. The van der Waals surface area contributed by atoms with Gasteiger partial charge in [-0.15, -0.1) is 0 Å². The zero-order chi connectivity index (χ0) is 19.2. The smallest absolute Gasteiger partial charge is 0.272 e. The number of anilines is 2. The Morgan fingerprint density at radius 2 is 1.85 bits per heavy atom. The van der Waals surface area contributed by atoms with Gasteiger partial charge in [-0.05, 0) is 30.7 Å². The van der Waals surface area contributed by atoms with Gasteiger partial charge in [0.25, 0.3) is 5.91 Å². The lowest BCUT2D eigenvalue weighted by molar-refractivity contribution is 0.0740. The number of halogens is 1. The molecule has 0 radical (unpaired) electrons. The lowest BCUT2D eigenvalue weighted by atomic mass is 10.2. The summed E-state index contributed by atoms with van der Waals surface area (Å²) in [6.45, 7) is 5.70. The molecule has 1 amide bonds. The molecule has 1 aromatic carbocycles. The number of aromatic nitrogens is 2. The van der Waals surface area contributed by atoms with Gasteiger partial charge in [-0.1, -0.05) is 13.3 Å². The fourth-order valence-electron chi connectivity index (χ4n) is 3.16. The minimum Gasteiger partial charge on any atom is -0.368 e. The van der Waals surface area contributed by atoms with Crippen LogP contribution in [0.25, 0.3) is 0 Å². The van der Waals surface area contributed by atoms with Crippen LogP contribution in [0.1, 0.15) is 30.3 Å². The summed E-state index contributed by atoms with van der Waals surface area (Å²) in [5.74, 6) is 0.462. The van der Waals surface area contributed by atoms with E-state index in [1.807, 2.05) is 11.9 Å². The molecule has 0 spiro atoms. The van der Waals surface area contributed by atoms with Gasteiger partial charge in [-0.2, -0.15) is 0 Å². The number of nitrogens with zero attached hydrogens (tertiary/aromatic N) is 5. The van der Waals surface area contributed by atoms with Crippen molar-refractivity contribution in [2.45, 2.75) is 19.8 Å². The summed E-state index contributed by atoms with van der Waals surface area (Å²) in [4.78, 5) is 27.3. The topological polar surface area (TPSA) is 52.6 Å². The molecule has 1 fully saturated rings. The molecule has 0 N–H and O–H groups in total. The van der Waals surface area contributed by atoms with Crippen LogP contribution in [0.3, 0.4) is 0 Å². The van der Waals surface area contributed by atoms with Crippen molar-refractivity contribution in [2.75, 3.05) is 49.6 Å². The van der Waals surface area contributed by atoms with Crippen LogP contribution < -0.4 is 9.80 Å². The highest BCUT2D eigenvalue weighted by molar-refractivity contribution is 5.93. The normalized spacial score (nSPS) is 14.3. The van der Waals surface area contributed by atoms with Crippen LogP contribution in [0, 0.1) is 5.82 Å². The number of carbonyl (C=O) groups excluding carboxylic acids is 1. The molecule has 0 saturated carbocycles. The van der Waals surface area contributed by atoms with Gasteiger partial charge < -0.3 is 14.7 Å². The first-order chi connectivity index (χ1) is 13.1. The van der Waals surface area contributed by atoms with Crippen LogP contribution in [-0.2, 0) is 0 Å². The SMILES string of the molecule is CCCCN(C)c1cc(C(=O)N2CCN(c3ccc(F)cc3)CC2)ncn1. The average Bonchev–Trinajstić information content (AvgIpc) is 2.72. The molecule has 6 nitrogen and oxygen atoms in total. The van der Waals surface area contributed by atoms with Gasteiger partial charge in [0, 0.05) is 51.5 Å². The second-order valence-electron chi connectivity index (χ2n) is 6.79. The minimum atomic E-state index is -0.240. The predicted molar refractivity (Wildman–Crippen MR) is 105 cm³/mol. The van der Waals surface area contributed by atoms with Gasteiger partial charge in [0.1, 0.15) is 23.7 Å². The first-order valence-corrected chi connectivity index (χ1v) is 9.41. The van der Waals surface area contributed by atoms with E-state index in [0.29, 0.717) is 31.9 Å². The molecule has 3 rings (SSSR count). The Balaban J connectivity index is 1.61. The monoisotopic (exact) mass is 371 g/mol. The Kier molecular flexibility index (Phi) is 6.21. The van der Waals surface area contributed by atoms with Crippen molar-refractivity contribution in [2.24, 2.45) is 0 Å². The second-order valence-corrected chi connectivity index (χ2v) is 6.79. The van der Waals surface area contributed by atoms with E-state index in [2.05, 4.69) is 26.7 Å². The Labute approximate surface area is 159 Å². The largest absolute Gasteiger partial charge is 0.368 e. The van der Waals surface area contributed by atoms with Crippen LogP contribution in [0.2, 0.25) is 0 Å². The number of benzene rings is 1. The summed E-state index contributed by atoms with van der Waals surface area (Å²) in [6.07, 6.45) is 3.65. The molecule has 1 aromatic heterocycles. The zero-order valence-corrected chi connectivity index (χ0v) is 15.9. The fraction of sp³-hybridized carbons (Fsp3) is 0.450. The fourth-order valence-corrected chi connectivity index (χ4v) is 3.16. The number of piperazine rings is 1. The third-order valence-corrected chi connectivity index (χ3v) is 4.87. The third-order valence-electron chi connectivity index (χ3n) is 4.87. The van der Waals surface area contributed by atoms with Crippen molar-refractivity contribution in [1.82, 2.24) is 14.9 Å². The molecule has 0 unspecified atom stereocenters. The van der Waals surface area contributed by atoms with E-state index in [4.69, 9.17) is 0 Å². The molecule has 1 aliphatic rings. The maximum atomic E-state index is 13.1. The van der Waals surface area contributed by atoms with E-state index in [-0.39, 0.29) is 11.7 Å². The molecule has 0 bridgehead atoms. The maximum absolute atomic E-state index is 13.1. The molecular weight excluding hydrogens is 345 g/mol.